The molecule has 2 aliphatic rings. The Morgan fingerprint density at radius 3 is 3.12 bits per heavy atom. The molecule has 0 unspecified atom stereocenters. The van der Waals surface area contributed by atoms with Gasteiger partial charge < -0.3 is 9.47 Å². The molecular formula is C10H12N2O4S. The minimum atomic E-state index is -3.54. The average molecular weight is 256 g/mol. The van der Waals surface area contributed by atoms with Crippen molar-refractivity contribution in [3.8, 4) is 5.88 Å². The first-order valence-electron chi connectivity index (χ1n) is 5.33. The smallest absolute Gasteiger partial charge is 0.246 e. The molecule has 1 fully saturated rings. The van der Waals surface area contributed by atoms with E-state index in [1.54, 1.807) is 6.07 Å². The molecule has 0 saturated carbocycles. The van der Waals surface area contributed by atoms with Gasteiger partial charge in [0, 0.05) is 12.6 Å². The molecule has 1 aromatic rings. The highest BCUT2D eigenvalue weighted by atomic mass is 32.2. The van der Waals surface area contributed by atoms with Gasteiger partial charge in [-0.15, -0.1) is 0 Å². The zero-order chi connectivity index (χ0) is 11.9. The van der Waals surface area contributed by atoms with Gasteiger partial charge in [0.1, 0.15) is 10.5 Å². The van der Waals surface area contributed by atoms with Gasteiger partial charge in [-0.05, 0) is 12.1 Å². The van der Waals surface area contributed by atoms with Gasteiger partial charge >= 0.3 is 0 Å². The van der Waals surface area contributed by atoms with E-state index in [9.17, 15) is 8.42 Å². The van der Waals surface area contributed by atoms with Crippen LogP contribution in [-0.4, -0.2) is 38.8 Å². The molecule has 3 heterocycles. The summed E-state index contributed by atoms with van der Waals surface area (Å²) in [5, 5.41) is 0. The van der Waals surface area contributed by atoms with Crippen molar-refractivity contribution in [1.29, 1.82) is 0 Å². The zero-order valence-electron chi connectivity index (χ0n) is 9.05. The van der Waals surface area contributed by atoms with Crippen LogP contribution in [0.15, 0.2) is 23.2 Å². The molecule has 6 nitrogen and oxygen atoms in total. The van der Waals surface area contributed by atoms with Crippen LogP contribution in [0, 0.1) is 0 Å². The predicted octanol–water partition coefficient (Wildman–Crippen LogP) is -0.0886. The molecule has 92 valence electrons. The molecule has 1 atom stereocenters. The van der Waals surface area contributed by atoms with Gasteiger partial charge in [0.25, 0.3) is 0 Å². The molecule has 0 aromatic carbocycles. The minimum Gasteiger partial charge on any atom is -0.466 e. The predicted molar refractivity (Wildman–Crippen MR) is 58.2 cm³/mol. The van der Waals surface area contributed by atoms with Crippen LogP contribution in [0.1, 0.15) is 6.42 Å². The van der Waals surface area contributed by atoms with E-state index in [0.717, 1.165) is 0 Å². The fraction of sp³-hybridized carbons (Fsp3) is 0.500. The van der Waals surface area contributed by atoms with Crippen LogP contribution < -0.4 is 9.46 Å². The van der Waals surface area contributed by atoms with E-state index >= 15 is 0 Å². The maximum absolute atomic E-state index is 12.0. The summed E-state index contributed by atoms with van der Waals surface area (Å²) in [6.07, 6.45) is 2.18. The number of sulfonamides is 1. The third-order valence-corrected chi connectivity index (χ3v) is 4.40. The average Bonchev–Trinajstić information content (AvgIpc) is 2.72. The van der Waals surface area contributed by atoms with E-state index in [1.807, 2.05) is 0 Å². The second-order valence-electron chi connectivity index (χ2n) is 4.22. The standard InChI is InChI=1S/C10H12N2O4S/c13-17(14)8-2-1-4-11-9(8)16-10(6-12-17)3-5-15-7-10/h1-2,4,12H,3,5-7H2/t10-/m0/s1. The van der Waals surface area contributed by atoms with E-state index in [2.05, 4.69) is 9.71 Å². The molecule has 1 N–H and O–H groups in total. The van der Waals surface area contributed by atoms with Crippen molar-refractivity contribution in [2.45, 2.75) is 16.9 Å². The lowest BCUT2D eigenvalue weighted by molar-refractivity contribution is 0.0502. The second kappa shape index (κ2) is 3.66. The zero-order valence-corrected chi connectivity index (χ0v) is 9.87. The lowest BCUT2D eigenvalue weighted by Gasteiger charge is -2.25. The fourth-order valence-electron chi connectivity index (χ4n) is 2.01. The number of ether oxygens (including phenoxy) is 2. The molecule has 3 rings (SSSR count). The monoisotopic (exact) mass is 256 g/mol. The van der Waals surface area contributed by atoms with E-state index in [1.165, 1.54) is 12.3 Å². The number of rotatable bonds is 0. The van der Waals surface area contributed by atoms with Crippen molar-refractivity contribution in [3.63, 3.8) is 0 Å². The Kier molecular flexibility index (Phi) is 2.35. The van der Waals surface area contributed by atoms with Gasteiger partial charge in [0.05, 0.1) is 19.8 Å². The summed E-state index contributed by atoms with van der Waals surface area (Å²) < 4.78 is 37.5. The van der Waals surface area contributed by atoms with Crippen LogP contribution in [-0.2, 0) is 14.8 Å². The highest BCUT2D eigenvalue weighted by molar-refractivity contribution is 7.89. The maximum atomic E-state index is 12.0. The lowest BCUT2D eigenvalue weighted by atomic mass is 10.0. The summed E-state index contributed by atoms with van der Waals surface area (Å²) >= 11 is 0. The number of nitrogens with zero attached hydrogens (tertiary/aromatic N) is 1. The molecule has 0 radical (unpaired) electrons. The third-order valence-electron chi connectivity index (χ3n) is 2.99. The van der Waals surface area contributed by atoms with Crippen molar-refractivity contribution in [2.75, 3.05) is 19.8 Å². The SMILES string of the molecule is O=S1(=O)NC[C@]2(CCOC2)Oc2ncccc21. The van der Waals surface area contributed by atoms with Crippen LogP contribution in [0.5, 0.6) is 5.88 Å². The van der Waals surface area contributed by atoms with Crippen molar-refractivity contribution < 1.29 is 17.9 Å². The molecule has 17 heavy (non-hydrogen) atoms. The van der Waals surface area contributed by atoms with Gasteiger partial charge in [-0.2, -0.15) is 0 Å². The number of pyridine rings is 1. The normalized spacial score (nSPS) is 30.6. The van der Waals surface area contributed by atoms with Crippen molar-refractivity contribution in [3.05, 3.63) is 18.3 Å². The summed E-state index contributed by atoms with van der Waals surface area (Å²) in [7, 11) is -3.54. The van der Waals surface area contributed by atoms with E-state index in [4.69, 9.17) is 9.47 Å². The Bertz CT molecular complexity index is 537. The van der Waals surface area contributed by atoms with Crippen LogP contribution in [0.4, 0.5) is 0 Å². The number of nitrogens with one attached hydrogen (secondary N) is 1. The van der Waals surface area contributed by atoms with Crippen molar-refractivity contribution >= 4 is 10.0 Å². The Labute approximate surface area is 99.0 Å². The van der Waals surface area contributed by atoms with E-state index < -0.39 is 15.6 Å². The van der Waals surface area contributed by atoms with E-state index in [0.29, 0.717) is 19.6 Å². The maximum Gasteiger partial charge on any atom is 0.246 e. The molecule has 7 heteroatoms. The highest BCUT2D eigenvalue weighted by Crippen LogP contribution is 2.32. The highest BCUT2D eigenvalue weighted by Gasteiger charge is 2.42. The largest absolute Gasteiger partial charge is 0.466 e. The van der Waals surface area contributed by atoms with Crippen LogP contribution in [0.3, 0.4) is 0 Å². The Balaban J connectivity index is 2.10. The van der Waals surface area contributed by atoms with Crippen LogP contribution >= 0.6 is 0 Å². The lowest BCUT2D eigenvalue weighted by Crippen LogP contribution is -2.45. The Morgan fingerprint density at radius 2 is 2.35 bits per heavy atom. The first-order chi connectivity index (χ1) is 8.11. The Morgan fingerprint density at radius 1 is 1.47 bits per heavy atom. The fourth-order valence-corrected chi connectivity index (χ4v) is 3.20. The first kappa shape index (κ1) is 10.9. The van der Waals surface area contributed by atoms with Crippen molar-refractivity contribution in [2.24, 2.45) is 0 Å². The molecule has 0 aliphatic carbocycles. The number of hydrogen-bond acceptors (Lipinski definition) is 5. The minimum absolute atomic E-state index is 0.0868. The van der Waals surface area contributed by atoms with Gasteiger partial charge in [-0.25, -0.2) is 18.1 Å². The summed E-state index contributed by atoms with van der Waals surface area (Å²) in [4.78, 5) is 4.08. The first-order valence-corrected chi connectivity index (χ1v) is 6.81. The van der Waals surface area contributed by atoms with Gasteiger partial charge in [-0.1, -0.05) is 0 Å². The molecule has 0 amide bonds. The van der Waals surface area contributed by atoms with Crippen LogP contribution in [0.25, 0.3) is 0 Å². The summed E-state index contributed by atoms with van der Waals surface area (Å²) in [6, 6.07) is 3.06. The molecule has 1 aromatic heterocycles. The molecule has 2 aliphatic heterocycles. The third kappa shape index (κ3) is 1.80. The van der Waals surface area contributed by atoms with E-state index in [-0.39, 0.29) is 17.3 Å². The summed E-state index contributed by atoms with van der Waals surface area (Å²) in [5.74, 6) is 0.156. The summed E-state index contributed by atoms with van der Waals surface area (Å²) in [5.41, 5.74) is -0.618. The summed E-state index contributed by atoms with van der Waals surface area (Å²) in [6.45, 7) is 1.17. The topological polar surface area (TPSA) is 77.5 Å². The number of hydrogen-bond donors (Lipinski definition) is 1. The Hall–Kier alpha value is -1.18. The molecule has 0 bridgehead atoms. The van der Waals surface area contributed by atoms with Gasteiger partial charge in [0.15, 0.2) is 0 Å². The van der Waals surface area contributed by atoms with Gasteiger partial charge in [0.2, 0.25) is 15.9 Å². The number of aromatic nitrogens is 1. The number of fused-ring (bicyclic) bond motifs is 1. The second-order valence-corrected chi connectivity index (χ2v) is 5.95. The van der Waals surface area contributed by atoms with Crippen molar-refractivity contribution in [1.82, 2.24) is 9.71 Å². The van der Waals surface area contributed by atoms with Crippen LogP contribution in [0.2, 0.25) is 0 Å². The molecular weight excluding hydrogens is 244 g/mol. The molecule has 1 saturated heterocycles. The quantitative estimate of drug-likeness (QED) is 0.702. The van der Waals surface area contributed by atoms with Gasteiger partial charge in [-0.3, -0.25) is 0 Å². The molecule has 1 spiro atoms.